The van der Waals surface area contributed by atoms with Gasteiger partial charge in [-0.2, -0.15) is 0 Å². The van der Waals surface area contributed by atoms with Gasteiger partial charge in [-0.15, -0.1) is 0 Å². The first-order valence-electron chi connectivity index (χ1n) is 5.95. The van der Waals surface area contributed by atoms with Gasteiger partial charge in [-0.3, -0.25) is 4.79 Å². The van der Waals surface area contributed by atoms with Crippen molar-refractivity contribution in [1.29, 1.82) is 0 Å². The zero-order chi connectivity index (χ0) is 12.3. The monoisotopic (exact) mass is 234 g/mol. The minimum Gasteiger partial charge on any atom is -0.384 e. The highest BCUT2D eigenvalue weighted by atomic mass is 16.2. The van der Waals surface area contributed by atoms with Crippen LogP contribution in [0.25, 0.3) is 0 Å². The van der Waals surface area contributed by atoms with E-state index in [-0.39, 0.29) is 5.91 Å². The second-order valence-electron chi connectivity index (χ2n) is 4.16. The molecular formula is C12H18N4O. The Morgan fingerprint density at radius 2 is 2.06 bits per heavy atom. The summed E-state index contributed by atoms with van der Waals surface area (Å²) in [6, 6.07) is 3.78. The van der Waals surface area contributed by atoms with Crippen LogP contribution < -0.4 is 10.6 Å². The SMILES string of the molecule is CCC(=O)N1CCN(c2ccc(N)nc2)CC1. The fourth-order valence-corrected chi connectivity index (χ4v) is 2.02. The number of anilines is 2. The summed E-state index contributed by atoms with van der Waals surface area (Å²) in [4.78, 5) is 19.8. The fraction of sp³-hybridized carbons (Fsp3) is 0.500. The van der Waals surface area contributed by atoms with E-state index in [4.69, 9.17) is 5.73 Å². The summed E-state index contributed by atoms with van der Waals surface area (Å²) in [5.41, 5.74) is 6.63. The Labute approximate surface area is 101 Å². The molecule has 2 N–H and O–H groups in total. The molecule has 2 rings (SSSR count). The van der Waals surface area contributed by atoms with Gasteiger partial charge in [-0.25, -0.2) is 4.98 Å². The van der Waals surface area contributed by atoms with E-state index in [9.17, 15) is 4.79 Å². The Morgan fingerprint density at radius 1 is 1.35 bits per heavy atom. The zero-order valence-corrected chi connectivity index (χ0v) is 10.1. The number of piperazine rings is 1. The van der Waals surface area contributed by atoms with Crippen molar-refractivity contribution in [3.63, 3.8) is 0 Å². The molecule has 1 aliphatic rings. The Balaban J connectivity index is 1.95. The Kier molecular flexibility index (Phi) is 3.46. The molecule has 5 heteroatoms. The standard InChI is InChI=1S/C12H18N4O/c1-2-12(17)16-7-5-15(6-8-16)10-3-4-11(13)14-9-10/h3-4,9H,2,5-8H2,1H3,(H2,13,14). The van der Waals surface area contributed by atoms with Crippen molar-refractivity contribution in [3.05, 3.63) is 18.3 Å². The Hall–Kier alpha value is -1.78. The molecule has 1 saturated heterocycles. The summed E-state index contributed by atoms with van der Waals surface area (Å²) >= 11 is 0. The number of amides is 1. The van der Waals surface area contributed by atoms with Crippen molar-refractivity contribution < 1.29 is 4.79 Å². The van der Waals surface area contributed by atoms with Crippen molar-refractivity contribution in [2.24, 2.45) is 0 Å². The number of hydrogen-bond donors (Lipinski definition) is 1. The second-order valence-corrected chi connectivity index (χ2v) is 4.16. The molecule has 0 radical (unpaired) electrons. The average molecular weight is 234 g/mol. The van der Waals surface area contributed by atoms with Crippen molar-refractivity contribution in [2.45, 2.75) is 13.3 Å². The summed E-state index contributed by atoms with van der Waals surface area (Å²) in [6.45, 7) is 5.20. The molecule has 0 atom stereocenters. The number of carbonyl (C=O) groups excluding carboxylic acids is 1. The molecule has 0 saturated carbocycles. The van der Waals surface area contributed by atoms with Gasteiger partial charge in [-0.1, -0.05) is 6.92 Å². The number of pyridine rings is 1. The van der Waals surface area contributed by atoms with Crippen LogP contribution in [-0.2, 0) is 4.79 Å². The van der Waals surface area contributed by atoms with E-state index in [0.717, 1.165) is 31.9 Å². The molecule has 1 aromatic heterocycles. The molecule has 1 amide bonds. The van der Waals surface area contributed by atoms with Crippen LogP contribution in [0, 0.1) is 0 Å². The van der Waals surface area contributed by atoms with E-state index in [1.165, 1.54) is 0 Å². The van der Waals surface area contributed by atoms with Crippen LogP contribution in [0.4, 0.5) is 11.5 Å². The molecule has 0 spiro atoms. The first kappa shape index (κ1) is 11.7. The smallest absolute Gasteiger partial charge is 0.222 e. The van der Waals surface area contributed by atoms with Gasteiger partial charge in [0.05, 0.1) is 11.9 Å². The predicted molar refractivity (Wildman–Crippen MR) is 67.7 cm³/mol. The molecule has 0 unspecified atom stereocenters. The molecule has 0 aliphatic carbocycles. The molecule has 1 aliphatic heterocycles. The third-order valence-electron chi connectivity index (χ3n) is 3.07. The van der Waals surface area contributed by atoms with Crippen molar-refractivity contribution >= 4 is 17.4 Å². The highest BCUT2D eigenvalue weighted by Crippen LogP contribution is 2.16. The summed E-state index contributed by atoms with van der Waals surface area (Å²) < 4.78 is 0. The first-order chi connectivity index (χ1) is 8.20. The highest BCUT2D eigenvalue weighted by molar-refractivity contribution is 5.76. The van der Waals surface area contributed by atoms with Crippen LogP contribution in [0.2, 0.25) is 0 Å². The maximum Gasteiger partial charge on any atom is 0.222 e. The van der Waals surface area contributed by atoms with E-state index in [2.05, 4.69) is 9.88 Å². The zero-order valence-electron chi connectivity index (χ0n) is 10.1. The van der Waals surface area contributed by atoms with Gasteiger partial charge < -0.3 is 15.5 Å². The van der Waals surface area contributed by atoms with Crippen molar-refractivity contribution in [1.82, 2.24) is 9.88 Å². The van der Waals surface area contributed by atoms with Gasteiger partial charge in [-0.05, 0) is 12.1 Å². The minimum absolute atomic E-state index is 0.236. The number of nitrogens with zero attached hydrogens (tertiary/aromatic N) is 3. The average Bonchev–Trinajstić information content (AvgIpc) is 2.39. The summed E-state index contributed by atoms with van der Waals surface area (Å²) in [6.07, 6.45) is 2.37. The Morgan fingerprint density at radius 3 is 2.59 bits per heavy atom. The van der Waals surface area contributed by atoms with Gasteiger partial charge in [0.25, 0.3) is 0 Å². The van der Waals surface area contributed by atoms with Crippen LogP contribution in [0.3, 0.4) is 0 Å². The maximum atomic E-state index is 11.5. The molecule has 0 bridgehead atoms. The first-order valence-corrected chi connectivity index (χ1v) is 5.95. The third kappa shape index (κ3) is 2.67. The Bertz CT molecular complexity index is 382. The predicted octanol–water partition coefficient (Wildman–Crippen LogP) is 0.722. The van der Waals surface area contributed by atoms with E-state index in [0.29, 0.717) is 12.2 Å². The van der Waals surface area contributed by atoms with Crippen LogP contribution in [0.15, 0.2) is 18.3 Å². The lowest BCUT2D eigenvalue weighted by Crippen LogP contribution is -2.48. The maximum absolute atomic E-state index is 11.5. The molecule has 17 heavy (non-hydrogen) atoms. The van der Waals surface area contributed by atoms with E-state index in [1.54, 1.807) is 12.3 Å². The second kappa shape index (κ2) is 5.03. The molecule has 92 valence electrons. The summed E-state index contributed by atoms with van der Waals surface area (Å²) in [5, 5.41) is 0. The fourth-order valence-electron chi connectivity index (χ4n) is 2.02. The van der Waals surface area contributed by atoms with Crippen LogP contribution in [0.5, 0.6) is 0 Å². The van der Waals surface area contributed by atoms with E-state index < -0.39 is 0 Å². The van der Waals surface area contributed by atoms with E-state index >= 15 is 0 Å². The number of nitrogen functional groups attached to an aromatic ring is 1. The molecule has 1 aromatic rings. The lowest BCUT2D eigenvalue weighted by atomic mass is 10.2. The van der Waals surface area contributed by atoms with Gasteiger partial charge in [0.15, 0.2) is 0 Å². The molecule has 5 nitrogen and oxygen atoms in total. The van der Waals surface area contributed by atoms with Gasteiger partial charge >= 0.3 is 0 Å². The number of carbonyl (C=O) groups is 1. The highest BCUT2D eigenvalue weighted by Gasteiger charge is 2.19. The molecule has 2 heterocycles. The number of aromatic nitrogens is 1. The normalized spacial score (nSPS) is 16.1. The number of hydrogen-bond acceptors (Lipinski definition) is 4. The van der Waals surface area contributed by atoms with E-state index in [1.807, 2.05) is 17.9 Å². The number of nitrogens with two attached hydrogens (primary N) is 1. The lowest BCUT2D eigenvalue weighted by molar-refractivity contribution is -0.131. The van der Waals surface area contributed by atoms with Gasteiger partial charge in [0.2, 0.25) is 5.91 Å². The van der Waals surface area contributed by atoms with Crippen LogP contribution in [-0.4, -0.2) is 42.0 Å². The van der Waals surface area contributed by atoms with Crippen LogP contribution in [0.1, 0.15) is 13.3 Å². The van der Waals surface area contributed by atoms with Crippen LogP contribution >= 0.6 is 0 Å². The molecule has 1 fully saturated rings. The third-order valence-corrected chi connectivity index (χ3v) is 3.07. The van der Waals surface area contributed by atoms with Crippen molar-refractivity contribution in [3.8, 4) is 0 Å². The lowest BCUT2D eigenvalue weighted by Gasteiger charge is -2.35. The quantitative estimate of drug-likeness (QED) is 0.819. The van der Waals surface area contributed by atoms with Gasteiger partial charge in [0.1, 0.15) is 5.82 Å². The number of rotatable bonds is 2. The van der Waals surface area contributed by atoms with Gasteiger partial charge in [0, 0.05) is 32.6 Å². The molecule has 0 aromatic carbocycles. The topological polar surface area (TPSA) is 62.5 Å². The minimum atomic E-state index is 0.236. The summed E-state index contributed by atoms with van der Waals surface area (Å²) in [5.74, 6) is 0.772. The summed E-state index contributed by atoms with van der Waals surface area (Å²) in [7, 11) is 0. The van der Waals surface area contributed by atoms with Crippen molar-refractivity contribution in [2.75, 3.05) is 36.8 Å². The largest absolute Gasteiger partial charge is 0.384 e. The molecular weight excluding hydrogens is 216 g/mol.